The lowest BCUT2D eigenvalue weighted by atomic mass is 10.1. The number of nitro benzene ring substituents is 1. The van der Waals surface area contributed by atoms with Crippen LogP contribution in [0.4, 0.5) is 17.1 Å². The molecule has 8 nitrogen and oxygen atoms in total. The highest BCUT2D eigenvalue weighted by atomic mass is 32.2. The fourth-order valence-corrected chi connectivity index (χ4v) is 5.20. The Bertz CT molecular complexity index is 970. The van der Waals surface area contributed by atoms with Gasteiger partial charge in [-0.25, -0.2) is 8.42 Å². The van der Waals surface area contributed by atoms with Crippen LogP contribution in [-0.4, -0.2) is 50.4 Å². The maximum atomic E-state index is 12.8. The summed E-state index contributed by atoms with van der Waals surface area (Å²) in [6.07, 6.45) is 0.731. The second kappa shape index (κ2) is 6.82. The number of rotatable bonds is 4. The summed E-state index contributed by atoms with van der Waals surface area (Å²) >= 11 is 0. The third-order valence-corrected chi connectivity index (χ3v) is 7.00. The lowest BCUT2D eigenvalue weighted by Crippen LogP contribution is -2.49. The third-order valence-electron chi connectivity index (χ3n) is 5.08. The molecule has 0 aliphatic carbocycles. The smallest absolute Gasteiger partial charge is 0.292 e. The van der Waals surface area contributed by atoms with E-state index in [1.54, 1.807) is 36.4 Å². The van der Waals surface area contributed by atoms with Gasteiger partial charge in [0.1, 0.15) is 5.69 Å². The molecule has 2 aromatic carbocycles. The number of nitrogens with one attached hydrogen (secondary N) is 1. The van der Waals surface area contributed by atoms with Crippen LogP contribution in [0.1, 0.15) is 5.56 Å². The Morgan fingerprint density at radius 2 is 1.70 bits per heavy atom. The van der Waals surface area contributed by atoms with E-state index in [0.717, 1.165) is 24.2 Å². The van der Waals surface area contributed by atoms with Gasteiger partial charge in [-0.2, -0.15) is 4.31 Å². The van der Waals surface area contributed by atoms with Gasteiger partial charge in [0.15, 0.2) is 0 Å². The predicted molar refractivity (Wildman–Crippen MR) is 103 cm³/mol. The summed E-state index contributed by atoms with van der Waals surface area (Å²) in [5, 5.41) is 14.8. The van der Waals surface area contributed by atoms with Crippen molar-refractivity contribution in [3.8, 4) is 0 Å². The van der Waals surface area contributed by atoms with Gasteiger partial charge in [-0.05, 0) is 24.6 Å². The quantitative estimate of drug-likeness (QED) is 0.636. The van der Waals surface area contributed by atoms with E-state index in [-0.39, 0.29) is 15.5 Å². The first-order valence-corrected chi connectivity index (χ1v) is 10.3. The van der Waals surface area contributed by atoms with E-state index in [1.807, 2.05) is 4.90 Å². The number of nitro groups is 1. The molecule has 0 atom stereocenters. The largest absolute Gasteiger partial charge is 0.384 e. The molecule has 1 N–H and O–H groups in total. The highest BCUT2D eigenvalue weighted by molar-refractivity contribution is 7.89. The molecule has 4 rings (SSSR count). The van der Waals surface area contributed by atoms with Crippen molar-refractivity contribution in [2.24, 2.45) is 0 Å². The van der Waals surface area contributed by atoms with Crippen molar-refractivity contribution in [2.45, 2.75) is 11.3 Å². The normalized spacial score (nSPS) is 17.4. The minimum Gasteiger partial charge on any atom is -0.384 e. The minimum atomic E-state index is -3.55. The van der Waals surface area contributed by atoms with E-state index in [2.05, 4.69) is 5.32 Å². The van der Waals surface area contributed by atoms with Crippen molar-refractivity contribution in [1.29, 1.82) is 0 Å². The first-order valence-electron chi connectivity index (χ1n) is 8.83. The molecule has 0 spiro atoms. The molecule has 9 heteroatoms. The summed E-state index contributed by atoms with van der Waals surface area (Å²) in [6, 6.07) is 11.6. The maximum absolute atomic E-state index is 12.8. The first kappa shape index (κ1) is 17.7. The zero-order valence-electron chi connectivity index (χ0n) is 14.7. The zero-order chi connectivity index (χ0) is 19.0. The molecule has 2 aliphatic heterocycles. The SMILES string of the molecule is O=[N+]([O-])c1ccc2c(c1N1CCN(S(=O)(=O)c3ccccc3)CC1)CCN2. The second-order valence-corrected chi connectivity index (χ2v) is 8.54. The van der Waals surface area contributed by atoms with Crippen molar-refractivity contribution in [3.63, 3.8) is 0 Å². The molecule has 2 aliphatic rings. The van der Waals surface area contributed by atoms with Gasteiger partial charge in [-0.1, -0.05) is 18.2 Å². The number of hydrogen-bond acceptors (Lipinski definition) is 6. The minimum absolute atomic E-state index is 0.0804. The van der Waals surface area contributed by atoms with Crippen molar-refractivity contribution in [2.75, 3.05) is 42.9 Å². The lowest BCUT2D eigenvalue weighted by Gasteiger charge is -2.35. The highest BCUT2D eigenvalue weighted by Gasteiger charge is 2.33. The van der Waals surface area contributed by atoms with E-state index >= 15 is 0 Å². The van der Waals surface area contributed by atoms with Gasteiger partial charge in [0.2, 0.25) is 10.0 Å². The summed E-state index contributed by atoms with van der Waals surface area (Å²) < 4.78 is 27.0. The molecule has 142 valence electrons. The fourth-order valence-electron chi connectivity index (χ4n) is 3.76. The molecule has 2 aromatic rings. The lowest BCUT2D eigenvalue weighted by molar-refractivity contribution is -0.384. The molecule has 0 radical (unpaired) electrons. The van der Waals surface area contributed by atoms with Crippen LogP contribution in [0.15, 0.2) is 47.4 Å². The van der Waals surface area contributed by atoms with Gasteiger partial charge >= 0.3 is 0 Å². The molecule has 27 heavy (non-hydrogen) atoms. The molecule has 0 bridgehead atoms. The Labute approximate surface area is 157 Å². The van der Waals surface area contributed by atoms with Crippen LogP contribution >= 0.6 is 0 Å². The van der Waals surface area contributed by atoms with E-state index in [4.69, 9.17) is 0 Å². The van der Waals surface area contributed by atoms with Crippen LogP contribution < -0.4 is 10.2 Å². The number of anilines is 2. The third kappa shape index (κ3) is 3.13. The first-order chi connectivity index (χ1) is 13.0. The molecule has 0 aromatic heterocycles. The molecule has 0 unspecified atom stereocenters. The van der Waals surface area contributed by atoms with Gasteiger partial charge in [0.25, 0.3) is 5.69 Å². The van der Waals surface area contributed by atoms with E-state index in [1.165, 1.54) is 10.4 Å². The van der Waals surface area contributed by atoms with Crippen LogP contribution in [0.25, 0.3) is 0 Å². The Balaban J connectivity index is 1.59. The van der Waals surface area contributed by atoms with Gasteiger partial charge in [0, 0.05) is 50.0 Å². The fraction of sp³-hybridized carbons (Fsp3) is 0.333. The summed E-state index contributed by atoms with van der Waals surface area (Å²) in [5.41, 5.74) is 2.58. The number of hydrogen-bond donors (Lipinski definition) is 1. The summed E-state index contributed by atoms with van der Waals surface area (Å²) in [6.45, 7) is 2.19. The Kier molecular flexibility index (Phi) is 4.48. The van der Waals surface area contributed by atoms with Crippen LogP contribution in [-0.2, 0) is 16.4 Å². The molecule has 0 saturated carbocycles. The average molecular weight is 388 g/mol. The number of fused-ring (bicyclic) bond motifs is 1. The Morgan fingerprint density at radius 1 is 1.00 bits per heavy atom. The van der Waals surface area contributed by atoms with Gasteiger partial charge in [-0.15, -0.1) is 0 Å². The summed E-state index contributed by atoms with van der Waals surface area (Å²) in [5.74, 6) is 0. The molecule has 1 saturated heterocycles. The van der Waals surface area contributed by atoms with Crippen molar-refractivity contribution in [1.82, 2.24) is 4.31 Å². The number of sulfonamides is 1. The number of nitrogens with zero attached hydrogens (tertiary/aromatic N) is 3. The van der Waals surface area contributed by atoms with Crippen LogP contribution in [0.5, 0.6) is 0 Å². The summed E-state index contributed by atoms with van der Waals surface area (Å²) in [7, 11) is -3.55. The van der Waals surface area contributed by atoms with Gasteiger partial charge < -0.3 is 10.2 Å². The van der Waals surface area contributed by atoms with Crippen LogP contribution in [0.2, 0.25) is 0 Å². The van der Waals surface area contributed by atoms with E-state index in [9.17, 15) is 18.5 Å². The van der Waals surface area contributed by atoms with Gasteiger partial charge in [-0.3, -0.25) is 10.1 Å². The van der Waals surface area contributed by atoms with Crippen LogP contribution in [0, 0.1) is 10.1 Å². The standard InChI is InChI=1S/C18H20N4O4S/c23-22(24)17-7-6-16-15(8-9-19-16)18(17)20-10-12-21(13-11-20)27(25,26)14-4-2-1-3-5-14/h1-7,19H,8-13H2. The Hall–Kier alpha value is -2.65. The molecule has 0 amide bonds. The van der Waals surface area contributed by atoms with E-state index < -0.39 is 10.0 Å². The number of piperazine rings is 1. The van der Waals surface area contributed by atoms with Crippen molar-refractivity contribution in [3.05, 3.63) is 58.1 Å². The molecule has 1 fully saturated rings. The van der Waals surface area contributed by atoms with Crippen LogP contribution in [0.3, 0.4) is 0 Å². The number of benzene rings is 2. The van der Waals surface area contributed by atoms with Gasteiger partial charge in [0.05, 0.1) is 9.82 Å². The highest BCUT2D eigenvalue weighted by Crippen LogP contribution is 2.40. The maximum Gasteiger partial charge on any atom is 0.292 e. The van der Waals surface area contributed by atoms with Crippen molar-refractivity contribution < 1.29 is 13.3 Å². The predicted octanol–water partition coefficient (Wildman–Crippen LogP) is 2.07. The monoisotopic (exact) mass is 388 g/mol. The Morgan fingerprint density at radius 3 is 2.37 bits per heavy atom. The molecular weight excluding hydrogens is 368 g/mol. The molecule has 2 heterocycles. The topological polar surface area (TPSA) is 95.8 Å². The molecular formula is C18H20N4O4S. The van der Waals surface area contributed by atoms with Crippen molar-refractivity contribution >= 4 is 27.1 Å². The zero-order valence-corrected chi connectivity index (χ0v) is 15.5. The summed E-state index contributed by atoms with van der Waals surface area (Å²) in [4.78, 5) is 13.4. The van der Waals surface area contributed by atoms with E-state index in [0.29, 0.717) is 31.9 Å². The average Bonchev–Trinajstić information content (AvgIpc) is 3.16. The second-order valence-electron chi connectivity index (χ2n) is 6.60.